The zero-order valence-corrected chi connectivity index (χ0v) is 22.4. The molecule has 0 aliphatic heterocycles. The second-order valence-corrected chi connectivity index (χ2v) is 10.3. The lowest BCUT2D eigenvalue weighted by molar-refractivity contribution is 0.113. The summed E-state index contributed by atoms with van der Waals surface area (Å²) in [4.78, 5) is 3.72. The molecule has 35 heavy (non-hydrogen) atoms. The first-order valence-corrected chi connectivity index (χ1v) is 12.3. The number of aliphatic hydroxyl groups is 1. The summed E-state index contributed by atoms with van der Waals surface area (Å²) in [6.07, 6.45) is -0.680. The molecular formula is C28H33ClN2O3S. The average molecular weight is 513 g/mol. The van der Waals surface area contributed by atoms with Gasteiger partial charge < -0.3 is 24.4 Å². The van der Waals surface area contributed by atoms with Gasteiger partial charge in [0.05, 0.1) is 0 Å². The first kappa shape index (κ1) is 26.8. The fourth-order valence-corrected chi connectivity index (χ4v) is 3.85. The fraction of sp³-hybridized carbons (Fsp3) is 0.321. The average Bonchev–Trinajstić information content (AvgIpc) is 2.82. The van der Waals surface area contributed by atoms with Crippen LogP contribution in [0.1, 0.15) is 26.3 Å². The van der Waals surface area contributed by atoms with E-state index < -0.39 is 6.10 Å². The largest absolute Gasteiger partial charge is 0.491 e. The Labute approximate surface area is 218 Å². The molecule has 0 radical (unpaired) electrons. The van der Waals surface area contributed by atoms with Crippen molar-refractivity contribution in [1.29, 1.82) is 0 Å². The second-order valence-electron chi connectivity index (χ2n) is 9.52. The zero-order valence-electron chi connectivity index (χ0n) is 20.9. The van der Waals surface area contributed by atoms with Crippen LogP contribution in [-0.2, 0) is 5.41 Å². The summed E-state index contributed by atoms with van der Waals surface area (Å²) in [5.41, 5.74) is 3.06. The lowest BCUT2D eigenvalue weighted by Gasteiger charge is -2.24. The number of hydrogen-bond acceptors (Lipinski definition) is 5. The predicted molar refractivity (Wildman–Crippen MR) is 149 cm³/mol. The topological polar surface area (TPSA) is 45.2 Å². The van der Waals surface area contributed by atoms with Crippen molar-refractivity contribution < 1.29 is 14.6 Å². The normalized spacial score (nSPS) is 12.1. The van der Waals surface area contributed by atoms with E-state index in [-0.39, 0.29) is 12.0 Å². The van der Waals surface area contributed by atoms with Gasteiger partial charge in [0, 0.05) is 43.1 Å². The van der Waals surface area contributed by atoms with Crippen LogP contribution in [0.2, 0.25) is 5.02 Å². The molecule has 3 aromatic rings. The van der Waals surface area contributed by atoms with Gasteiger partial charge >= 0.3 is 0 Å². The summed E-state index contributed by atoms with van der Waals surface area (Å²) in [6, 6.07) is 23.0. The van der Waals surface area contributed by atoms with E-state index >= 15 is 0 Å². The standard InChI is InChI=1S/C28H33ClN2O3S/c1-28(2,3)20-12-14-25(15-13-20)34-27(35)31(5)23-10-7-11-26(17-23)33-19-24(32)18-30(4)22-9-6-8-21(29)16-22/h6-17,24,32H,18-19H2,1-5H3. The van der Waals surface area contributed by atoms with Crippen molar-refractivity contribution in [1.82, 2.24) is 0 Å². The molecule has 3 aromatic carbocycles. The molecule has 0 aromatic heterocycles. The number of halogens is 1. The van der Waals surface area contributed by atoms with Gasteiger partial charge in [0.25, 0.3) is 5.17 Å². The molecule has 7 heteroatoms. The highest BCUT2D eigenvalue weighted by Gasteiger charge is 2.15. The van der Waals surface area contributed by atoms with E-state index in [1.807, 2.05) is 79.7 Å². The van der Waals surface area contributed by atoms with Crippen LogP contribution in [0.5, 0.6) is 11.5 Å². The van der Waals surface area contributed by atoms with Crippen LogP contribution < -0.4 is 19.3 Å². The maximum Gasteiger partial charge on any atom is 0.269 e. The molecule has 0 saturated carbocycles. The molecular weight excluding hydrogens is 480 g/mol. The van der Waals surface area contributed by atoms with Crippen molar-refractivity contribution in [3.8, 4) is 11.5 Å². The van der Waals surface area contributed by atoms with E-state index in [2.05, 4.69) is 32.9 Å². The molecule has 3 rings (SSSR count). The molecule has 1 atom stereocenters. The molecule has 0 bridgehead atoms. The SMILES string of the molecule is CN(CC(O)COc1cccc(N(C)C(=S)Oc2ccc(C(C)(C)C)cc2)c1)c1cccc(Cl)c1. The van der Waals surface area contributed by atoms with E-state index in [4.69, 9.17) is 33.3 Å². The van der Waals surface area contributed by atoms with Gasteiger partial charge in [-0.25, -0.2) is 0 Å². The van der Waals surface area contributed by atoms with Crippen LogP contribution >= 0.6 is 23.8 Å². The molecule has 0 heterocycles. The van der Waals surface area contributed by atoms with E-state index in [1.165, 1.54) is 5.56 Å². The summed E-state index contributed by atoms with van der Waals surface area (Å²) >= 11 is 11.6. The van der Waals surface area contributed by atoms with E-state index in [9.17, 15) is 5.11 Å². The minimum atomic E-state index is -0.680. The third kappa shape index (κ3) is 7.85. The minimum absolute atomic E-state index is 0.0779. The van der Waals surface area contributed by atoms with Crippen LogP contribution in [0.15, 0.2) is 72.8 Å². The van der Waals surface area contributed by atoms with Crippen molar-refractivity contribution in [2.45, 2.75) is 32.3 Å². The van der Waals surface area contributed by atoms with Crippen LogP contribution in [0.3, 0.4) is 0 Å². The molecule has 0 amide bonds. The lowest BCUT2D eigenvalue weighted by atomic mass is 9.87. The third-order valence-corrected chi connectivity index (χ3v) is 6.17. The van der Waals surface area contributed by atoms with Crippen molar-refractivity contribution in [2.75, 3.05) is 37.0 Å². The van der Waals surface area contributed by atoms with Crippen LogP contribution in [0.25, 0.3) is 0 Å². The monoisotopic (exact) mass is 512 g/mol. The highest BCUT2D eigenvalue weighted by Crippen LogP contribution is 2.26. The van der Waals surface area contributed by atoms with E-state index in [0.717, 1.165) is 11.4 Å². The molecule has 186 valence electrons. The Hall–Kier alpha value is -2.80. The smallest absolute Gasteiger partial charge is 0.269 e. The van der Waals surface area contributed by atoms with Gasteiger partial charge in [0.2, 0.25) is 0 Å². The Kier molecular flexibility index (Phi) is 9.00. The van der Waals surface area contributed by atoms with Gasteiger partial charge in [0.1, 0.15) is 24.2 Å². The lowest BCUT2D eigenvalue weighted by Crippen LogP contribution is -2.33. The summed E-state index contributed by atoms with van der Waals surface area (Å²) in [6.45, 7) is 7.08. The molecule has 0 aliphatic carbocycles. The molecule has 0 spiro atoms. The van der Waals surface area contributed by atoms with Crippen molar-refractivity contribution >= 4 is 40.4 Å². The van der Waals surface area contributed by atoms with Gasteiger partial charge in [-0.2, -0.15) is 0 Å². The number of nitrogens with zero attached hydrogens (tertiary/aromatic N) is 2. The number of hydrogen-bond donors (Lipinski definition) is 1. The molecule has 0 fully saturated rings. The number of rotatable bonds is 8. The predicted octanol–water partition coefficient (Wildman–Crippen LogP) is 6.31. The van der Waals surface area contributed by atoms with Crippen molar-refractivity contribution in [3.63, 3.8) is 0 Å². The van der Waals surface area contributed by atoms with Crippen molar-refractivity contribution in [2.24, 2.45) is 0 Å². The third-order valence-electron chi connectivity index (χ3n) is 5.58. The first-order valence-electron chi connectivity index (χ1n) is 11.5. The van der Waals surface area contributed by atoms with Crippen LogP contribution in [0.4, 0.5) is 11.4 Å². The Morgan fingerprint density at radius 3 is 2.26 bits per heavy atom. The van der Waals surface area contributed by atoms with Crippen LogP contribution in [0, 0.1) is 0 Å². The van der Waals surface area contributed by atoms with Gasteiger partial charge in [-0.3, -0.25) is 0 Å². The van der Waals surface area contributed by atoms with Gasteiger partial charge in [-0.15, -0.1) is 0 Å². The Balaban J connectivity index is 1.55. The second kappa shape index (κ2) is 11.8. The van der Waals surface area contributed by atoms with Gasteiger partial charge in [-0.1, -0.05) is 56.6 Å². The quantitative estimate of drug-likeness (QED) is 0.357. The summed E-state index contributed by atoms with van der Waals surface area (Å²) in [5, 5.41) is 11.4. The number of thiocarbonyl (C=S) groups is 1. The molecule has 1 N–H and O–H groups in total. The Morgan fingerprint density at radius 2 is 1.60 bits per heavy atom. The zero-order chi connectivity index (χ0) is 25.6. The Morgan fingerprint density at radius 1 is 0.943 bits per heavy atom. The molecule has 1 unspecified atom stereocenters. The fourth-order valence-electron chi connectivity index (χ4n) is 3.46. The summed E-state index contributed by atoms with van der Waals surface area (Å²) in [5.74, 6) is 1.32. The van der Waals surface area contributed by atoms with Gasteiger partial charge in [0.15, 0.2) is 0 Å². The highest BCUT2D eigenvalue weighted by molar-refractivity contribution is 7.80. The maximum atomic E-state index is 10.5. The summed E-state index contributed by atoms with van der Waals surface area (Å²) < 4.78 is 11.7. The number of likely N-dealkylation sites (N-methyl/N-ethyl adjacent to an activating group) is 1. The number of benzene rings is 3. The van der Waals surface area contributed by atoms with Crippen LogP contribution in [-0.4, -0.2) is 43.6 Å². The molecule has 5 nitrogen and oxygen atoms in total. The Bertz CT molecular complexity index is 1130. The van der Waals surface area contributed by atoms with Crippen molar-refractivity contribution in [3.05, 3.63) is 83.4 Å². The molecule has 0 aliphatic rings. The summed E-state index contributed by atoms with van der Waals surface area (Å²) in [7, 11) is 3.75. The highest BCUT2D eigenvalue weighted by atomic mass is 35.5. The number of aliphatic hydroxyl groups excluding tert-OH is 1. The number of ether oxygens (including phenoxy) is 2. The van der Waals surface area contributed by atoms with E-state index in [0.29, 0.717) is 28.2 Å². The maximum absolute atomic E-state index is 10.5. The van der Waals surface area contributed by atoms with E-state index in [1.54, 1.807) is 4.90 Å². The number of anilines is 2. The van der Waals surface area contributed by atoms with Gasteiger partial charge in [-0.05, 0) is 65.7 Å². The first-order chi connectivity index (χ1) is 16.5. The minimum Gasteiger partial charge on any atom is -0.491 e. The molecule has 0 saturated heterocycles.